The van der Waals surface area contributed by atoms with Crippen molar-refractivity contribution in [3.63, 3.8) is 0 Å². The van der Waals surface area contributed by atoms with Crippen molar-refractivity contribution in [2.75, 3.05) is 63.8 Å². The number of nitrogens with one attached hydrogen (secondary N) is 1. The molecule has 0 unspecified atom stereocenters. The SMILES string of the molecule is CCCNCC1(c2cccc(C(F)(F)F)c2)CCN(C(=O)CN2CCN(c3ccccc3)CC2)CC1. The van der Waals surface area contributed by atoms with Crippen LogP contribution in [0.3, 0.4) is 0 Å². The van der Waals surface area contributed by atoms with Crippen molar-refractivity contribution in [2.24, 2.45) is 0 Å². The van der Waals surface area contributed by atoms with E-state index in [9.17, 15) is 18.0 Å². The molecule has 2 aliphatic rings. The van der Waals surface area contributed by atoms with Gasteiger partial charge in [-0.2, -0.15) is 13.2 Å². The van der Waals surface area contributed by atoms with Crippen molar-refractivity contribution in [1.82, 2.24) is 15.1 Å². The first-order valence-corrected chi connectivity index (χ1v) is 13.0. The Morgan fingerprint density at radius 1 is 0.944 bits per heavy atom. The van der Waals surface area contributed by atoms with E-state index in [0.29, 0.717) is 44.6 Å². The van der Waals surface area contributed by atoms with E-state index in [2.05, 4.69) is 34.2 Å². The van der Waals surface area contributed by atoms with Gasteiger partial charge >= 0.3 is 6.18 Å². The minimum absolute atomic E-state index is 0.113. The van der Waals surface area contributed by atoms with Gasteiger partial charge in [0.25, 0.3) is 0 Å². The number of rotatable bonds is 8. The maximum absolute atomic E-state index is 13.4. The molecule has 0 saturated carbocycles. The van der Waals surface area contributed by atoms with Crippen LogP contribution >= 0.6 is 0 Å². The number of anilines is 1. The Hall–Kier alpha value is -2.58. The van der Waals surface area contributed by atoms with Crippen LogP contribution in [0.4, 0.5) is 18.9 Å². The molecule has 0 atom stereocenters. The molecule has 8 heteroatoms. The number of benzene rings is 2. The molecule has 1 amide bonds. The molecular weight excluding hydrogens is 465 g/mol. The summed E-state index contributed by atoms with van der Waals surface area (Å²) in [5, 5.41) is 3.43. The Morgan fingerprint density at radius 2 is 1.64 bits per heavy atom. The predicted molar refractivity (Wildman–Crippen MR) is 137 cm³/mol. The molecule has 0 aliphatic carbocycles. The zero-order chi connectivity index (χ0) is 25.6. The van der Waals surface area contributed by atoms with Crippen LogP contribution in [0.25, 0.3) is 0 Å². The average Bonchev–Trinajstić information content (AvgIpc) is 2.90. The summed E-state index contributed by atoms with van der Waals surface area (Å²) in [7, 11) is 0. The lowest BCUT2D eigenvalue weighted by Gasteiger charge is -2.43. The van der Waals surface area contributed by atoms with Gasteiger partial charge in [-0.25, -0.2) is 0 Å². The van der Waals surface area contributed by atoms with Crippen LogP contribution < -0.4 is 10.2 Å². The molecule has 1 N–H and O–H groups in total. The second-order valence-corrected chi connectivity index (χ2v) is 10.0. The van der Waals surface area contributed by atoms with Crippen LogP contribution in [0.15, 0.2) is 54.6 Å². The monoisotopic (exact) mass is 502 g/mol. The minimum atomic E-state index is -4.37. The first-order chi connectivity index (χ1) is 17.3. The molecule has 0 radical (unpaired) electrons. The van der Waals surface area contributed by atoms with E-state index in [1.165, 1.54) is 17.8 Å². The average molecular weight is 503 g/mol. The normalized spacial score (nSPS) is 18.9. The molecule has 2 fully saturated rings. The van der Waals surface area contributed by atoms with E-state index in [1.807, 2.05) is 29.2 Å². The fourth-order valence-electron chi connectivity index (χ4n) is 5.38. The number of alkyl halides is 3. The molecule has 0 aromatic heterocycles. The van der Waals surface area contributed by atoms with E-state index in [0.717, 1.165) is 45.2 Å². The van der Waals surface area contributed by atoms with Gasteiger partial charge in [0.15, 0.2) is 0 Å². The maximum Gasteiger partial charge on any atom is 0.416 e. The maximum atomic E-state index is 13.4. The molecule has 0 bridgehead atoms. The lowest BCUT2D eigenvalue weighted by Crippen LogP contribution is -2.53. The van der Waals surface area contributed by atoms with Crippen LogP contribution in [0.2, 0.25) is 0 Å². The summed E-state index contributed by atoms with van der Waals surface area (Å²) in [4.78, 5) is 19.6. The van der Waals surface area contributed by atoms with Gasteiger partial charge < -0.3 is 15.1 Å². The highest BCUT2D eigenvalue weighted by molar-refractivity contribution is 5.78. The lowest BCUT2D eigenvalue weighted by atomic mass is 9.72. The van der Waals surface area contributed by atoms with Crippen LogP contribution in [0, 0.1) is 0 Å². The summed E-state index contributed by atoms with van der Waals surface area (Å²) in [5.41, 5.74) is 0.907. The Bertz CT molecular complexity index is 982. The third kappa shape index (κ3) is 6.40. The number of halogens is 3. The third-order valence-corrected chi connectivity index (χ3v) is 7.62. The number of para-hydroxylation sites is 1. The zero-order valence-electron chi connectivity index (χ0n) is 21.1. The van der Waals surface area contributed by atoms with Crippen molar-refractivity contribution < 1.29 is 18.0 Å². The molecule has 196 valence electrons. The van der Waals surface area contributed by atoms with Gasteiger partial charge in [-0.3, -0.25) is 9.69 Å². The molecule has 2 heterocycles. The van der Waals surface area contributed by atoms with Crippen molar-refractivity contribution in [2.45, 2.75) is 37.8 Å². The second-order valence-electron chi connectivity index (χ2n) is 10.0. The Labute approximate surface area is 212 Å². The molecule has 2 aromatic carbocycles. The van der Waals surface area contributed by atoms with Gasteiger partial charge in [0, 0.05) is 56.9 Å². The fraction of sp³-hybridized carbons (Fsp3) is 0.536. The van der Waals surface area contributed by atoms with E-state index in [4.69, 9.17) is 0 Å². The zero-order valence-corrected chi connectivity index (χ0v) is 21.1. The molecule has 36 heavy (non-hydrogen) atoms. The first-order valence-electron chi connectivity index (χ1n) is 13.0. The van der Waals surface area contributed by atoms with Gasteiger partial charge in [-0.05, 0) is 49.6 Å². The number of nitrogens with zero attached hydrogens (tertiary/aromatic N) is 3. The summed E-state index contributed by atoms with van der Waals surface area (Å²) in [5.74, 6) is 0.113. The summed E-state index contributed by atoms with van der Waals surface area (Å²) in [6.07, 6.45) is -2.10. The van der Waals surface area contributed by atoms with Crippen LogP contribution in [-0.2, 0) is 16.4 Å². The van der Waals surface area contributed by atoms with E-state index < -0.39 is 17.2 Å². The number of carbonyl (C=O) groups is 1. The van der Waals surface area contributed by atoms with Crippen LogP contribution in [0.5, 0.6) is 0 Å². The summed E-state index contributed by atoms with van der Waals surface area (Å²) >= 11 is 0. The van der Waals surface area contributed by atoms with Crippen LogP contribution in [-0.4, -0.2) is 74.6 Å². The predicted octanol–water partition coefficient (Wildman–Crippen LogP) is 4.39. The van der Waals surface area contributed by atoms with Gasteiger partial charge in [0.05, 0.1) is 12.1 Å². The third-order valence-electron chi connectivity index (χ3n) is 7.62. The first kappa shape index (κ1) is 26.5. The van der Waals surface area contributed by atoms with Gasteiger partial charge in [-0.15, -0.1) is 0 Å². The van der Waals surface area contributed by atoms with Crippen molar-refractivity contribution in [3.8, 4) is 0 Å². The molecule has 2 aromatic rings. The molecule has 2 aliphatic heterocycles. The molecule has 4 rings (SSSR count). The van der Waals surface area contributed by atoms with E-state index >= 15 is 0 Å². The standard InChI is InChI=1S/C28H37F3N4O/c1-2-13-32-22-27(23-7-6-8-24(20-23)28(29,30)31)11-14-35(15-12-27)26(36)21-33-16-18-34(19-17-33)25-9-4-3-5-10-25/h3-10,20,32H,2,11-19,21-22H2,1H3. The van der Waals surface area contributed by atoms with E-state index in [-0.39, 0.29) is 5.91 Å². The minimum Gasteiger partial charge on any atom is -0.369 e. The summed E-state index contributed by atoms with van der Waals surface area (Å²) in [6, 6.07) is 16.1. The quantitative estimate of drug-likeness (QED) is 0.544. The Kier molecular flexibility index (Phi) is 8.57. The van der Waals surface area contributed by atoms with Gasteiger partial charge in [0.1, 0.15) is 0 Å². The highest BCUT2D eigenvalue weighted by Crippen LogP contribution is 2.38. The Balaban J connectivity index is 1.35. The smallest absolute Gasteiger partial charge is 0.369 e. The molecular formula is C28H37F3N4O. The number of likely N-dealkylation sites (tertiary alicyclic amines) is 1. The summed E-state index contributed by atoms with van der Waals surface area (Å²) in [6.45, 7) is 8.48. The van der Waals surface area contributed by atoms with E-state index in [1.54, 1.807) is 0 Å². The number of hydrogen-bond acceptors (Lipinski definition) is 4. The lowest BCUT2D eigenvalue weighted by molar-refractivity contribution is -0.137. The largest absolute Gasteiger partial charge is 0.416 e. The molecule has 2 saturated heterocycles. The summed E-state index contributed by atoms with van der Waals surface area (Å²) < 4.78 is 40.2. The van der Waals surface area contributed by atoms with Crippen LogP contribution in [0.1, 0.15) is 37.3 Å². The number of piperazine rings is 1. The highest BCUT2D eigenvalue weighted by Gasteiger charge is 2.39. The highest BCUT2D eigenvalue weighted by atomic mass is 19.4. The molecule has 5 nitrogen and oxygen atoms in total. The van der Waals surface area contributed by atoms with Gasteiger partial charge in [0.2, 0.25) is 5.91 Å². The van der Waals surface area contributed by atoms with Crippen molar-refractivity contribution in [1.29, 1.82) is 0 Å². The second kappa shape index (κ2) is 11.6. The van der Waals surface area contributed by atoms with Crippen molar-refractivity contribution in [3.05, 3.63) is 65.7 Å². The number of amides is 1. The number of hydrogen-bond donors (Lipinski definition) is 1. The topological polar surface area (TPSA) is 38.8 Å². The van der Waals surface area contributed by atoms with Crippen molar-refractivity contribution >= 4 is 11.6 Å². The van der Waals surface area contributed by atoms with Gasteiger partial charge in [-0.1, -0.05) is 43.3 Å². The molecule has 0 spiro atoms. The number of piperidine rings is 1. The fourth-order valence-corrected chi connectivity index (χ4v) is 5.38. The Morgan fingerprint density at radius 3 is 2.28 bits per heavy atom. The number of carbonyl (C=O) groups excluding carboxylic acids is 1.